The maximum Gasteiger partial charge on any atom is 0.240 e. The Kier molecular flexibility index (Phi) is 5.20. The van der Waals surface area contributed by atoms with Gasteiger partial charge in [0.2, 0.25) is 5.91 Å². The Morgan fingerprint density at radius 1 is 1.32 bits per heavy atom. The SMILES string of the molecule is CC(Br)C(=O)N(Cc1ccccc1)C1=CCCCC1. The van der Waals surface area contributed by atoms with Gasteiger partial charge < -0.3 is 4.90 Å². The Balaban J connectivity index is 2.19. The van der Waals surface area contributed by atoms with Crippen LogP contribution in [0.3, 0.4) is 0 Å². The van der Waals surface area contributed by atoms with E-state index in [4.69, 9.17) is 0 Å². The maximum atomic E-state index is 12.4. The molecule has 1 aromatic rings. The van der Waals surface area contributed by atoms with E-state index in [1.807, 2.05) is 30.0 Å². The third-order valence-corrected chi connectivity index (χ3v) is 3.80. The average Bonchev–Trinajstić information content (AvgIpc) is 2.46. The van der Waals surface area contributed by atoms with Gasteiger partial charge in [-0.15, -0.1) is 0 Å². The van der Waals surface area contributed by atoms with Crippen LogP contribution in [0.25, 0.3) is 0 Å². The molecule has 0 aromatic heterocycles. The summed E-state index contributed by atoms with van der Waals surface area (Å²) in [7, 11) is 0. The van der Waals surface area contributed by atoms with Crippen molar-refractivity contribution in [1.29, 1.82) is 0 Å². The Morgan fingerprint density at radius 2 is 2.05 bits per heavy atom. The van der Waals surface area contributed by atoms with Crippen LogP contribution in [0.2, 0.25) is 0 Å². The fraction of sp³-hybridized carbons (Fsp3) is 0.438. The molecule has 0 saturated carbocycles. The number of hydrogen-bond donors (Lipinski definition) is 0. The predicted molar refractivity (Wildman–Crippen MR) is 81.9 cm³/mol. The van der Waals surface area contributed by atoms with Crippen LogP contribution in [-0.4, -0.2) is 15.6 Å². The summed E-state index contributed by atoms with van der Waals surface area (Å²) < 4.78 is 0. The van der Waals surface area contributed by atoms with Crippen LogP contribution in [0.4, 0.5) is 0 Å². The van der Waals surface area contributed by atoms with Crippen molar-refractivity contribution in [3.8, 4) is 0 Å². The number of amides is 1. The van der Waals surface area contributed by atoms with E-state index in [1.54, 1.807) is 0 Å². The molecule has 0 radical (unpaired) electrons. The Labute approximate surface area is 123 Å². The highest BCUT2D eigenvalue weighted by Gasteiger charge is 2.22. The summed E-state index contributed by atoms with van der Waals surface area (Å²) >= 11 is 3.40. The topological polar surface area (TPSA) is 20.3 Å². The second kappa shape index (κ2) is 6.90. The molecule has 0 heterocycles. The first kappa shape index (κ1) is 14.3. The van der Waals surface area contributed by atoms with Gasteiger partial charge in [-0.05, 0) is 38.2 Å². The zero-order valence-electron chi connectivity index (χ0n) is 11.3. The zero-order valence-corrected chi connectivity index (χ0v) is 12.9. The van der Waals surface area contributed by atoms with Crippen molar-refractivity contribution in [3.05, 3.63) is 47.7 Å². The molecule has 102 valence electrons. The first-order chi connectivity index (χ1) is 9.18. The summed E-state index contributed by atoms with van der Waals surface area (Å²) in [6.45, 7) is 2.56. The smallest absolute Gasteiger partial charge is 0.240 e. The second-order valence-corrected chi connectivity index (χ2v) is 6.34. The van der Waals surface area contributed by atoms with Crippen molar-refractivity contribution in [2.75, 3.05) is 0 Å². The van der Waals surface area contributed by atoms with Crippen LogP contribution >= 0.6 is 15.9 Å². The number of benzene rings is 1. The van der Waals surface area contributed by atoms with Crippen LogP contribution < -0.4 is 0 Å². The molecule has 2 nitrogen and oxygen atoms in total. The minimum atomic E-state index is -0.140. The lowest BCUT2D eigenvalue weighted by atomic mass is 10.0. The minimum Gasteiger partial charge on any atom is -0.311 e. The molecule has 1 unspecified atom stereocenters. The molecular formula is C16H20BrNO. The van der Waals surface area contributed by atoms with Gasteiger partial charge in [-0.3, -0.25) is 4.79 Å². The Bertz CT molecular complexity index is 453. The van der Waals surface area contributed by atoms with Crippen LogP contribution in [0.15, 0.2) is 42.1 Å². The molecule has 0 bridgehead atoms. The van der Waals surface area contributed by atoms with Crippen molar-refractivity contribution in [1.82, 2.24) is 4.90 Å². The minimum absolute atomic E-state index is 0.140. The number of rotatable bonds is 4. The van der Waals surface area contributed by atoms with Gasteiger partial charge in [-0.2, -0.15) is 0 Å². The van der Waals surface area contributed by atoms with Gasteiger partial charge in [0.1, 0.15) is 0 Å². The molecule has 0 spiro atoms. The van der Waals surface area contributed by atoms with Gasteiger partial charge in [0.15, 0.2) is 0 Å². The number of hydrogen-bond acceptors (Lipinski definition) is 1. The van der Waals surface area contributed by atoms with E-state index in [0.29, 0.717) is 6.54 Å². The van der Waals surface area contributed by atoms with Gasteiger partial charge in [-0.25, -0.2) is 0 Å². The molecule has 1 aliphatic carbocycles. The fourth-order valence-corrected chi connectivity index (χ4v) is 2.62. The van der Waals surface area contributed by atoms with Crippen LogP contribution in [-0.2, 0) is 11.3 Å². The Hall–Kier alpha value is -1.09. The normalized spacial score (nSPS) is 16.6. The molecule has 0 N–H and O–H groups in total. The lowest BCUT2D eigenvalue weighted by molar-refractivity contribution is -0.129. The average molecular weight is 322 g/mol. The van der Waals surface area contributed by atoms with E-state index in [1.165, 1.54) is 24.1 Å². The lowest BCUT2D eigenvalue weighted by Gasteiger charge is -2.29. The van der Waals surface area contributed by atoms with Crippen LogP contribution in [0.1, 0.15) is 38.2 Å². The van der Waals surface area contributed by atoms with Gasteiger partial charge in [0.05, 0.1) is 11.4 Å². The van der Waals surface area contributed by atoms with E-state index < -0.39 is 0 Å². The van der Waals surface area contributed by atoms with Crippen molar-refractivity contribution in [2.24, 2.45) is 0 Å². The molecular weight excluding hydrogens is 302 g/mol. The number of allylic oxidation sites excluding steroid dienone is 2. The highest BCUT2D eigenvalue weighted by Crippen LogP contribution is 2.24. The molecule has 1 aromatic carbocycles. The number of alkyl halides is 1. The zero-order chi connectivity index (χ0) is 13.7. The molecule has 0 aliphatic heterocycles. The third kappa shape index (κ3) is 3.93. The lowest BCUT2D eigenvalue weighted by Crippen LogP contribution is -2.35. The molecule has 0 fully saturated rings. The van der Waals surface area contributed by atoms with E-state index in [-0.39, 0.29) is 10.7 Å². The largest absolute Gasteiger partial charge is 0.311 e. The number of carbonyl (C=O) groups excluding carboxylic acids is 1. The van der Waals surface area contributed by atoms with Crippen molar-refractivity contribution >= 4 is 21.8 Å². The molecule has 3 heteroatoms. The van der Waals surface area contributed by atoms with E-state index in [9.17, 15) is 4.79 Å². The number of nitrogens with zero attached hydrogens (tertiary/aromatic N) is 1. The molecule has 19 heavy (non-hydrogen) atoms. The molecule has 1 aliphatic rings. The van der Waals surface area contributed by atoms with E-state index in [0.717, 1.165) is 12.8 Å². The standard InChI is InChI=1S/C16H20BrNO/c1-13(17)16(19)18(15-10-6-3-7-11-15)12-14-8-4-2-5-9-14/h2,4-5,8-10,13H,3,6-7,11-12H2,1H3. The maximum absolute atomic E-state index is 12.4. The summed E-state index contributed by atoms with van der Waals surface area (Å²) in [5, 5.41) is 0. The molecule has 0 saturated heterocycles. The van der Waals surface area contributed by atoms with Gasteiger partial charge in [0, 0.05) is 5.70 Å². The quantitative estimate of drug-likeness (QED) is 0.759. The second-order valence-electron chi connectivity index (χ2n) is 4.97. The van der Waals surface area contributed by atoms with Crippen molar-refractivity contribution in [2.45, 2.75) is 44.0 Å². The highest BCUT2D eigenvalue weighted by atomic mass is 79.9. The van der Waals surface area contributed by atoms with E-state index >= 15 is 0 Å². The summed E-state index contributed by atoms with van der Waals surface area (Å²) in [5.41, 5.74) is 2.36. The molecule has 2 rings (SSSR count). The molecule has 1 amide bonds. The predicted octanol–water partition coefficient (Wildman–Crippen LogP) is 4.26. The van der Waals surface area contributed by atoms with Crippen molar-refractivity contribution in [3.63, 3.8) is 0 Å². The summed E-state index contributed by atoms with van der Waals surface area (Å²) in [5.74, 6) is 0.150. The van der Waals surface area contributed by atoms with Gasteiger partial charge >= 0.3 is 0 Å². The highest BCUT2D eigenvalue weighted by molar-refractivity contribution is 9.10. The first-order valence-corrected chi connectivity index (χ1v) is 7.78. The molecule has 1 atom stereocenters. The fourth-order valence-electron chi connectivity index (χ4n) is 2.37. The van der Waals surface area contributed by atoms with Crippen LogP contribution in [0, 0.1) is 0 Å². The van der Waals surface area contributed by atoms with Crippen molar-refractivity contribution < 1.29 is 4.79 Å². The third-order valence-electron chi connectivity index (χ3n) is 3.40. The van der Waals surface area contributed by atoms with Crippen LogP contribution in [0.5, 0.6) is 0 Å². The number of carbonyl (C=O) groups is 1. The first-order valence-electron chi connectivity index (χ1n) is 6.87. The van der Waals surface area contributed by atoms with E-state index in [2.05, 4.69) is 34.1 Å². The monoisotopic (exact) mass is 321 g/mol. The van der Waals surface area contributed by atoms with Gasteiger partial charge in [-0.1, -0.05) is 52.3 Å². The summed E-state index contributed by atoms with van der Waals surface area (Å²) in [4.78, 5) is 14.2. The summed E-state index contributed by atoms with van der Waals surface area (Å²) in [6, 6.07) is 10.2. The Morgan fingerprint density at radius 3 is 2.63 bits per heavy atom. The summed E-state index contributed by atoms with van der Waals surface area (Å²) in [6.07, 6.45) is 6.74. The number of halogens is 1. The van der Waals surface area contributed by atoms with Gasteiger partial charge in [0.25, 0.3) is 0 Å².